The number of carbonyl (C=O) groups is 2. The lowest BCUT2D eigenvalue weighted by Gasteiger charge is -2.15. The van der Waals surface area contributed by atoms with Crippen molar-refractivity contribution in [2.45, 2.75) is 18.7 Å². The Bertz CT molecular complexity index is 1100. The van der Waals surface area contributed by atoms with Crippen LogP contribution in [0.5, 0.6) is 5.75 Å². The summed E-state index contributed by atoms with van der Waals surface area (Å²) < 4.78 is 10.6. The van der Waals surface area contributed by atoms with Crippen LogP contribution in [0, 0.1) is 6.92 Å². The van der Waals surface area contributed by atoms with Gasteiger partial charge in [-0.1, -0.05) is 30.3 Å². The summed E-state index contributed by atoms with van der Waals surface area (Å²) in [6.07, 6.45) is 0. The van der Waals surface area contributed by atoms with Gasteiger partial charge in [-0.15, -0.1) is 0 Å². The van der Waals surface area contributed by atoms with Gasteiger partial charge in [-0.3, -0.25) is 4.79 Å². The Hall–Kier alpha value is -3.26. The van der Waals surface area contributed by atoms with Gasteiger partial charge in [0.25, 0.3) is 5.91 Å². The van der Waals surface area contributed by atoms with Crippen LogP contribution < -0.4 is 15.7 Å². The van der Waals surface area contributed by atoms with Gasteiger partial charge in [0, 0.05) is 29.0 Å². The van der Waals surface area contributed by atoms with Crippen LogP contribution >= 0.6 is 11.8 Å². The summed E-state index contributed by atoms with van der Waals surface area (Å²) >= 11 is 1.42. The van der Waals surface area contributed by atoms with Gasteiger partial charge in [0.15, 0.2) is 6.61 Å². The molecule has 1 amide bonds. The minimum Gasteiger partial charge on any atom is -0.484 e. The molecule has 0 saturated heterocycles. The van der Waals surface area contributed by atoms with Gasteiger partial charge in [-0.25, -0.2) is 9.59 Å². The Labute approximate surface area is 177 Å². The molecule has 0 unspecified atom stereocenters. The topological polar surface area (TPSA) is 106 Å². The standard InChI is InChI=1S/C22H21NO6S/c1-14-9-21(25)29-19-10-16(7-8-17(14)19)28-11-20(24)23-18(22(26)27)13-30-12-15-5-3-2-4-6-15/h2-10,18H,11-13H2,1H3,(H,23,24)(H,26,27)/t18-/m0/s1. The zero-order chi connectivity index (χ0) is 21.5. The van der Waals surface area contributed by atoms with E-state index < -0.39 is 23.5 Å². The molecule has 0 fully saturated rings. The molecule has 1 aromatic heterocycles. The second kappa shape index (κ2) is 9.98. The van der Waals surface area contributed by atoms with Crippen LogP contribution in [0.2, 0.25) is 0 Å². The maximum Gasteiger partial charge on any atom is 0.336 e. The number of thioether (sulfide) groups is 1. The molecule has 30 heavy (non-hydrogen) atoms. The Morgan fingerprint density at radius 3 is 2.67 bits per heavy atom. The van der Waals surface area contributed by atoms with Crippen LogP contribution in [0.4, 0.5) is 0 Å². The molecule has 0 bridgehead atoms. The first-order chi connectivity index (χ1) is 14.4. The third-order valence-electron chi connectivity index (χ3n) is 4.32. The van der Waals surface area contributed by atoms with E-state index in [1.165, 1.54) is 23.9 Å². The lowest BCUT2D eigenvalue weighted by Crippen LogP contribution is -2.44. The molecule has 0 radical (unpaired) electrons. The predicted molar refractivity (Wildman–Crippen MR) is 115 cm³/mol. The second-order valence-electron chi connectivity index (χ2n) is 6.65. The van der Waals surface area contributed by atoms with Crippen LogP contribution in [0.1, 0.15) is 11.1 Å². The van der Waals surface area contributed by atoms with Gasteiger partial charge in [0.2, 0.25) is 0 Å². The van der Waals surface area contributed by atoms with Crippen LogP contribution in [-0.4, -0.2) is 35.4 Å². The molecule has 0 spiro atoms. The van der Waals surface area contributed by atoms with E-state index in [1.54, 1.807) is 19.1 Å². The van der Waals surface area contributed by atoms with Gasteiger partial charge >= 0.3 is 11.6 Å². The van der Waals surface area contributed by atoms with E-state index in [4.69, 9.17) is 9.15 Å². The van der Waals surface area contributed by atoms with Crippen molar-refractivity contribution >= 4 is 34.6 Å². The van der Waals surface area contributed by atoms with Crippen molar-refractivity contribution < 1.29 is 23.8 Å². The largest absolute Gasteiger partial charge is 0.484 e. The van der Waals surface area contributed by atoms with Gasteiger partial charge in [0.05, 0.1) is 0 Å². The summed E-state index contributed by atoms with van der Waals surface area (Å²) in [7, 11) is 0. The summed E-state index contributed by atoms with van der Waals surface area (Å²) in [6, 6.07) is 15.0. The minimum atomic E-state index is -1.10. The van der Waals surface area contributed by atoms with E-state index in [0.29, 0.717) is 17.1 Å². The predicted octanol–water partition coefficient (Wildman–Crippen LogP) is 2.98. The Morgan fingerprint density at radius 2 is 1.93 bits per heavy atom. The fourth-order valence-corrected chi connectivity index (χ4v) is 3.83. The normalized spacial score (nSPS) is 11.8. The fourth-order valence-electron chi connectivity index (χ4n) is 2.82. The van der Waals surface area contributed by atoms with E-state index in [1.807, 2.05) is 30.3 Å². The first-order valence-corrected chi connectivity index (χ1v) is 10.4. The zero-order valence-corrected chi connectivity index (χ0v) is 17.1. The van der Waals surface area contributed by atoms with Crippen molar-refractivity contribution in [2.75, 3.05) is 12.4 Å². The molecule has 0 aliphatic heterocycles. The molecule has 1 heterocycles. The molecule has 8 heteroatoms. The highest BCUT2D eigenvalue weighted by atomic mass is 32.2. The fraction of sp³-hybridized carbons (Fsp3) is 0.227. The highest BCUT2D eigenvalue weighted by molar-refractivity contribution is 7.98. The number of carboxylic acid groups (broad SMARTS) is 1. The average Bonchev–Trinajstić information content (AvgIpc) is 2.71. The summed E-state index contributed by atoms with van der Waals surface area (Å²) in [6.45, 7) is 1.45. The van der Waals surface area contributed by atoms with Crippen molar-refractivity contribution in [1.82, 2.24) is 5.32 Å². The molecule has 156 valence electrons. The summed E-state index contributed by atoms with van der Waals surface area (Å²) in [5.74, 6) is -0.424. The second-order valence-corrected chi connectivity index (χ2v) is 7.68. The molecule has 2 N–H and O–H groups in total. The molecule has 3 rings (SSSR count). The van der Waals surface area contributed by atoms with E-state index in [2.05, 4.69) is 5.32 Å². The number of aryl methyl sites for hydroxylation is 1. The van der Waals surface area contributed by atoms with Crippen molar-refractivity contribution in [3.63, 3.8) is 0 Å². The number of hydrogen-bond donors (Lipinski definition) is 2. The van der Waals surface area contributed by atoms with Crippen LogP contribution in [-0.2, 0) is 15.3 Å². The van der Waals surface area contributed by atoms with Crippen LogP contribution in [0.15, 0.2) is 63.8 Å². The number of amides is 1. The minimum absolute atomic E-state index is 0.233. The maximum absolute atomic E-state index is 12.2. The van der Waals surface area contributed by atoms with Gasteiger partial charge < -0.3 is 19.6 Å². The number of aliphatic carboxylic acids is 1. The van der Waals surface area contributed by atoms with Crippen molar-refractivity contribution in [1.29, 1.82) is 0 Å². The molecule has 0 aliphatic rings. The molecule has 0 saturated carbocycles. The monoisotopic (exact) mass is 427 g/mol. The highest BCUT2D eigenvalue weighted by Crippen LogP contribution is 2.22. The SMILES string of the molecule is Cc1cc(=O)oc2cc(OCC(=O)N[C@@H](CSCc3ccccc3)C(=O)O)ccc12. The molecule has 7 nitrogen and oxygen atoms in total. The first-order valence-electron chi connectivity index (χ1n) is 9.23. The summed E-state index contributed by atoms with van der Waals surface area (Å²) in [5, 5.41) is 12.6. The van der Waals surface area contributed by atoms with Crippen LogP contribution in [0.25, 0.3) is 11.0 Å². The number of hydrogen-bond acceptors (Lipinski definition) is 6. The lowest BCUT2D eigenvalue weighted by atomic mass is 10.1. The quantitative estimate of drug-likeness (QED) is 0.506. The van der Waals surface area contributed by atoms with Crippen molar-refractivity contribution in [3.8, 4) is 5.75 Å². The van der Waals surface area contributed by atoms with Gasteiger partial charge in [0.1, 0.15) is 17.4 Å². The third-order valence-corrected chi connectivity index (χ3v) is 5.43. The molecular weight excluding hydrogens is 406 g/mol. The number of ether oxygens (including phenoxy) is 1. The molecule has 0 aliphatic carbocycles. The van der Waals surface area contributed by atoms with Crippen molar-refractivity contribution in [3.05, 3.63) is 76.1 Å². The number of nitrogens with one attached hydrogen (secondary N) is 1. The van der Waals surface area contributed by atoms with Crippen LogP contribution in [0.3, 0.4) is 0 Å². The highest BCUT2D eigenvalue weighted by Gasteiger charge is 2.20. The average molecular weight is 427 g/mol. The number of benzene rings is 2. The molecular formula is C22H21NO6S. The lowest BCUT2D eigenvalue weighted by molar-refractivity contribution is -0.141. The number of fused-ring (bicyclic) bond motifs is 1. The van der Waals surface area contributed by atoms with E-state index in [0.717, 1.165) is 16.5 Å². The molecule has 3 aromatic rings. The maximum atomic E-state index is 12.2. The van der Waals surface area contributed by atoms with E-state index in [-0.39, 0.29) is 12.4 Å². The smallest absolute Gasteiger partial charge is 0.336 e. The van der Waals surface area contributed by atoms with Gasteiger partial charge in [-0.05, 0) is 30.2 Å². The van der Waals surface area contributed by atoms with Gasteiger partial charge in [-0.2, -0.15) is 11.8 Å². The Balaban J connectivity index is 1.53. The molecule has 1 atom stereocenters. The van der Waals surface area contributed by atoms with E-state index >= 15 is 0 Å². The number of carbonyl (C=O) groups excluding carboxylic acids is 1. The summed E-state index contributed by atoms with van der Waals surface area (Å²) in [5.41, 5.74) is 1.76. The third kappa shape index (κ3) is 5.87. The zero-order valence-electron chi connectivity index (χ0n) is 16.3. The first kappa shape index (κ1) is 21.4. The number of carboxylic acids is 1. The van der Waals surface area contributed by atoms with Crippen molar-refractivity contribution in [2.24, 2.45) is 0 Å². The molecule has 2 aromatic carbocycles. The van der Waals surface area contributed by atoms with E-state index in [9.17, 15) is 19.5 Å². The summed E-state index contributed by atoms with van der Waals surface area (Å²) in [4.78, 5) is 35.1. The Kier molecular flexibility index (Phi) is 7.13. The number of rotatable bonds is 9. The Morgan fingerprint density at radius 1 is 1.17 bits per heavy atom.